The molecule has 0 aliphatic heterocycles. The maximum Gasteiger partial charge on any atom is 0.239 e. The van der Waals surface area contributed by atoms with Crippen molar-refractivity contribution in [2.24, 2.45) is 0 Å². The van der Waals surface area contributed by atoms with Gasteiger partial charge in [0.2, 0.25) is 17.8 Å². The predicted octanol–water partition coefficient (Wildman–Crippen LogP) is 4.20. The van der Waals surface area contributed by atoms with Crippen molar-refractivity contribution in [3.63, 3.8) is 0 Å². The predicted molar refractivity (Wildman–Crippen MR) is 106 cm³/mol. The van der Waals surface area contributed by atoms with Gasteiger partial charge in [-0.1, -0.05) is 11.6 Å². The minimum atomic E-state index is -0.442. The maximum absolute atomic E-state index is 11.8. The lowest BCUT2D eigenvalue weighted by Crippen LogP contribution is -2.34. The number of halogens is 1. The summed E-state index contributed by atoms with van der Waals surface area (Å²) >= 11 is 7.51. The second kappa shape index (κ2) is 7.58. The van der Waals surface area contributed by atoms with Crippen LogP contribution in [-0.4, -0.2) is 31.6 Å². The van der Waals surface area contributed by atoms with Gasteiger partial charge in [-0.3, -0.25) is 14.3 Å². The van der Waals surface area contributed by atoms with E-state index in [1.165, 1.54) is 31.4 Å². The molecule has 0 unspecified atom stereocenters. The van der Waals surface area contributed by atoms with Gasteiger partial charge in [0.1, 0.15) is 5.69 Å². The summed E-state index contributed by atoms with van der Waals surface area (Å²) in [5, 5.41) is 4.67. The Bertz CT molecular complexity index is 997. The zero-order valence-corrected chi connectivity index (χ0v) is 16.9. The molecule has 0 fully saturated rings. The van der Waals surface area contributed by atoms with Crippen LogP contribution in [0.2, 0.25) is 4.34 Å². The molecule has 3 rings (SSSR count). The molecule has 0 saturated carbocycles. The summed E-state index contributed by atoms with van der Waals surface area (Å²) in [5.41, 5.74) is 2.08. The fraction of sp³-hybridized carbons (Fsp3) is 0.278. The van der Waals surface area contributed by atoms with Gasteiger partial charge in [-0.15, -0.1) is 11.3 Å². The van der Waals surface area contributed by atoms with Gasteiger partial charge in [0.15, 0.2) is 0 Å². The van der Waals surface area contributed by atoms with Crippen LogP contribution in [0.5, 0.6) is 0 Å². The van der Waals surface area contributed by atoms with E-state index in [0.717, 1.165) is 21.0 Å². The minimum Gasteiger partial charge on any atom is -0.274 e. The number of imide groups is 1. The van der Waals surface area contributed by atoms with Crippen molar-refractivity contribution < 1.29 is 9.59 Å². The number of rotatable bonds is 4. The van der Waals surface area contributed by atoms with Crippen LogP contribution in [0.15, 0.2) is 30.6 Å². The molecule has 0 N–H and O–H groups in total. The molecule has 3 aromatic rings. The number of aromatic nitrogens is 4. The molecule has 0 spiro atoms. The van der Waals surface area contributed by atoms with Crippen LogP contribution in [-0.2, 0) is 9.59 Å². The standard InChI is InChI=1S/C18H18ClN5O2S/c1-10(2)23-9-13(17(22-23)15-5-6-16(19)27-15)14-7-8-20-18(21-14)24(11(3)25)12(4)26/h5-10H,1-4H3. The SMILES string of the molecule is CC(=O)N(C(C)=O)c1nccc(-c2cn(C(C)C)nc2-c2ccc(Cl)s2)n1. The van der Waals surface area contributed by atoms with Gasteiger partial charge in [-0.05, 0) is 32.0 Å². The number of thiophene rings is 1. The molecule has 0 aliphatic rings. The number of hydrogen-bond donors (Lipinski definition) is 0. The third kappa shape index (κ3) is 3.91. The number of hydrogen-bond acceptors (Lipinski definition) is 6. The zero-order valence-electron chi connectivity index (χ0n) is 15.3. The number of anilines is 1. The molecule has 3 heterocycles. The summed E-state index contributed by atoms with van der Waals surface area (Å²) in [7, 11) is 0. The van der Waals surface area contributed by atoms with Gasteiger partial charge in [0.25, 0.3) is 0 Å². The van der Waals surface area contributed by atoms with Gasteiger partial charge in [-0.25, -0.2) is 14.9 Å². The fourth-order valence-corrected chi connectivity index (χ4v) is 3.62. The van der Waals surface area contributed by atoms with Gasteiger partial charge in [0, 0.05) is 37.8 Å². The fourth-order valence-electron chi connectivity index (χ4n) is 2.58. The first-order valence-electron chi connectivity index (χ1n) is 8.27. The van der Waals surface area contributed by atoms with Gasteiger partial charge >= 0.3 is 0 Å². The lowest BCUT2D eigenvalue weighted by molar-refractivity contribution is -0.124. The Labute approximate surface area is 165 Å². The normalized spacial score (nSPS) is 11.0. The van der Waals surface area contributed by atoms with E-state index in [9.17, 15) is 9.59 Å². The van der Waals surface area contributed by atoms with Crippen molar-refractivity contribution >= 4 is 40.7 Å². The quantitative estimate of drug-likeness (QED) is 0.652. The highest BCUT2D eigenvalue weighted by molar-refractivity contribution is 7.19. The Morgan fingerprint density at radius 2 is 1.89 bits per heavy atom. The second-order valence-corrected chi connectivity index (χ2v) is 7.90. The molecule has 0 aliphatic carbocycles. The van der Waals surface area contributed by atoms with E-state index in [-0.39, 0.29) is 12.0 Å². The molecule has 0 saturated heterocycles. The van der Waals surface area contributed by atoms with E-state index in [1.54, 1.807) is 6.07 Å². The highest BCUT2D eigenvalue weighted by atomic mass is 35.5. The molecule has 9 heteroatoms. The minimum absolute atomic E-state index is 0.0416. The molecule has 3 aromatic heterocycles. The third-order valence-corrected chi connectivity index (χ3v) is 5.05. The van der Waals surface area contributed by atoms with E-state index in [0.29, 0.717) is 10.0 Å². The smallest absolute Gasteiger partial charge is 0.239 e. The molecule has 0 bridgehead atoms. The maximum atomic E-state index is 11.8. The molecular weight excluding hydrogens is 386 g/mol. The number of amides is 2. The van der Waals surface area contributed by atoms with E-state index >= 15 is 0 Å². The molecule has 0 atom stereocenters. The van der Waals surface area contributed by atoms with Gasteiger partial charge in [-0.2, -0.15) is 5.10 Å². The molecule has 2 amide bonds. The van der Waals surface area contributed by atoms with Gasteiger partial charge < -0.3 is 0 Å². The van der Waals surface area contributed by atoms with Crippen LogP contribution < -0.4 is 4.90 Å². The summed E-state index contributed by atoms with van der Waals surface area (Å²) in [6, 6.07) is 5.60. The lowest BCUT2D eigenvalue weighted by Gasteiger charge is -2.15. The average molecular weight is 404 g/mol. The van der Waals surface area contributed by atoms with Crippen molar-refractivity contribution in [1.29, 1.82) is 0 Å². The second-order valence-electron chi connectivity index (χ2n) is 6.18. The number of carbonyl (C=O) groups is 2. The van der Waals surface area contributed by atoms with Crippen molar-refractivity contribution in [2.75, 3.05) is 4.90 Å². The molecule has 140 valence electrons. The Kier molecular flexibility index (Phi) is 5.38. The highest BCUT2D eigenvalue weighted by Crippen LogP contribution is 2.36. The van der Waals surface area contributed by atoms with Crippen LogP contribution in [0.1, 0.15) is 33.7 Å². The first-order valence-corrected chi connectivity index (χ1v) is 9.47. The highest BCUT2D eigenvalue weighted by Gasteiger charge is 2.22. The Morgan fingerprint density at radius 3 is 2.44 bits per heavy atom. The topological polar surface area (TPSA) is 81.0 Å². The Balaban J connectivity index is 2.15. The van der Waals surface area contributed by atoms with E-state index in [1.807, 2.05) is 36.9 Å². The summed E-state index contributed by atoms with van der Waals surface area (Å²) in [6.07, 6.45) is 3.42. The number of carbonyl (C=O) groups excluding carboxylic acids is 2. The van der Waals surface area contributed by atoms with Crippen LogP contribution in [0, 0.1) is 0 Å². The third-order valence-electron chi connectivity index (χ3n) is 3.82. The molecule has 0 radical (unpaired) electrons. The van der Waals surface area contributed by atoms with Crippen LogP contribution >= 0.6 is 22.9 Å². The monoisotopic (exact) mass is 403 g/mol. The van der Waals surface area contributed by atoms with Crippen molar-refractivity contribution in [2.45, 2.75) is 33.7 Å². The van der Waals surface area contributed by atoms with Crippen LogP contribution in [0.4, 0.5) is 5.95 Å². The molecular formula is C18H18ClN5O2S. The van der Waals surface area contributed by atoms with Crippen LogP contribution in [0.25, 0.3) is 21.8 Å². The summed E-state index contributed by atoms with van der Waals surface area (Å²) in [4.78, 5) is 34.0. The van der Waals surface area contributed by atoms with E-state index < -0.39 is 11.8 Å². The first kappa shape index (κ1) is 19.2. The van der Waals surface area contributed by atoms with Gasteiger partial charge in [0.05, 0.1) is 14.9 Å². The largest absolute Gasteiger partial charge is 0.274 e. The Hall–Kier alpha value is -2.58. The first-order chi connectivity index (χ1) is 12.8. The van der Waals surface area contributed by atoms with Crippen molar-refractivity contribution in [1.82, 2.24) is 19.7 Å². The summed E-state index contributed by atoms with van der Waals surface area (Å²) in [5.74, 6) is -0.842. The summed E-state index contributed by atoms with van der Waals surface area (Å²) < 4.78 is 2.51. The van der Waals surface area contributed by atoms with Crippen LogP contribution in [0.3, 0.4) is 0 Å². The summed E-state index contributed by atoms with van der Waals surface area (Å²) in [6.45, 7) is 6.65. The molecule has 27 heavy (non-hydrogen) atoms. The number of nitrogens with zero attached hydrogens (tertiary/aromatic N) is 5. The molecule has 7 nitrogen and oxygen atoms in total. The molecule has 0 aromatic carbocycles. The lowest BCUT2D eigenvalue weighted by atomic mass is 10.1. The van der Waals surface area contributed by atoms with E-state index in [4.69, 9.17) is 11.6 Å². The average Bonchev–Trinajstić information content (AvgIpc) is 3.20. The van der Waals surface area contributed by atoms with Crippen molar-refractivity contribution in [3.8, 4) is 21.8 Å². The van der Waals surface area contributed by atoms with Crippen molar-refractivity contribution in [3.05, 3.63) is 34.9 Å². The zero-order chi connectivity index (χ0) is 19.7. The Morgan fingerprint density at radius 1 is 1.19 bits per heavy atom. The van der Waals surface area contributed by atoms with E-state index in [2.05, 4.69) is 15.1 Å².